The summed E-state index contributed by atoms with van der Waals surface area (Å²) in [7, 11) is 1.55. The average Bonchev–Trinajstić information content (AvgIpc) is 2.75. The number of carbonyl (C=O) groups excluding carboxylic acids is 1. The Bertz CT molecular complexity index is 872. The van der Waals surface area contributed by atoms with Crippen LogP contribution in [0, 0.1) is 0 Å². The summed E-state index contributed by atoms with van der Waals surface area (Å²) in [4.78, 5) is 15.3. The van der Waals surface area contributed by atoms with Crippen LogP contribution in [0.25, 0.3) is 0 Å². The molecule has 168 valence electrons. The van der Waals surface area contributed by atoms with E-state index in [1.807, 2.05) is 12.1 Å². The first-order valence-electron chi connectivity index (χ1n) is 10.4. The number of hydrogen-bond donors (Lipinski definition) is 1. The molecule has 1 aliphatic heterocycles. The number of carbonyl (C=O) groups is 1. The number of likely N-dealkylation sites (tertiary alicyclic amines) is 1. The summed E-state index contributed by atoms with van der Waals surface area (Å²) in [5, 5.41) is 4.68. The fourth-order valence-electron chi connectivity index (χ4n) is 3.58. The molecular weight excluding hydrogens is 455 g/mol. The number of rotatable bonds is 9. The van der Waals surface area contributed by atoms with E-state index in [1.54, 1.807) is 19.2 Å². The monoisotopic (exact) mass is 483 g/mol. The fraction of sp³-hybridized carbons (Fsp3) is 0.435. The summed E-state index contributed by atoms with van der Waals surface area (Å²) in [6, 6.07) is 11.5. The SMILES string of the molecule is COc1cc(OCCCN2CCC([SH+]c3ccc(Cl)cc3)CC2)c(NC(C)=O)cc1Cl. The highest BCUT2D eigenvalue weighted by atomic mass is 35.5. The highest BCUT2D eigenvalue weighted by molar-refractivity contribution is 7.79. The molecule has 2 aromatic rings. The van der Waals surface area contributed by atoms with E-state index in [9.17, 15) is 4.79 Å². The fourth-order valence-corrected chi connectivity index (χ4v) is 5.18. The molecule has 0 unspecified atom stereocenters. The molecular formula is C23H29Cl2N2O3S+. The van der Waals surface area contributed by atoms with Gasteiger partial charge in [0, 0.05) is 62.3 Å². The van der Waals surface area contributed by atoms with Crippen molar-refractivity contribution in [1.82, 2.24) is 4.90 Å². The second kappa shape index (κ2) is 11.9. The maximum Gasteiger partial charge on any atom is 0.221 e. The third-order valence-electron chi connectivity index (χ3n) is 5.16. The van der Waals surface area contributed by atoms with Gasteiger partial charge in [0.2, 0.25) is 5.91 Å². The van der Waals surface area contributed by atoms with E-state index >= 15 is 0 Å². The maximum absolute atomic E-state index is 11.5. The minimum atomic E-state index is -0.174. The molecule has 31 heavy (non-hydrogen) atoms. The number of methoxy groups -OCH3 is 1. The van der Waals surface area contributed by atoms with Crippen LogP contribution in [0.3, 0.4) is 0 Å². The second-order valence-corrected chi connectivity index (χ2v) is 9.89. The van der Waals surface area contributed by atoms with E-state index in [0.717, 1.165) is 31.1 Å². The highest BCUT2D eigenvalue weighted by Crippen LogP contribution is 2.36. The van der Waals surface area contributed by atoms with Crippen molar-refractivity contribution < 1.29 is 14.3 Å². The van der Waals surface area contributed by atoms with E-state index in [4.69, 9.17) is 32.7 Å². The van der Waals surface area contributed by atoms with Crippen molar-refractivity contribution in [2.24, 2.45) is 0 Å². The van der Waals surface area contributed by atoms with Gasteiger partial charge >= 0.3 is 0 Å². The number of ether oxygens (including phenoxy) is 2. The zero-order chi connectivity index (χ0) is 22.2. The van der Waals surface area contributed by atoms with Crippen molar-refractivity contribution >= 4 is 46.6 Å². The largest absolute Gasteiger partial charge is 0.495 e. The van der Waals surface area contributed by atoms with Gasteiger partial charge in [0.05, 0.1) is 24.4 Å². The molecule has 1 N–H and O–H groups in total. The van der Waals surface area contributed by atoms with E-state index in [-0.39, 0.29) is 5.91 Å². The topological polar surface area (TPSA) is 50.8 Å². The Morgan fingerprint density at radius 3 is 2.52 bits per heavy atom. The predicted octanol–water partition coefficient (Wildman–Crippen LogP) is 5.07. The van der Waals surface area contributed by atoms with Crippen LogP contribution in [0.2, 0.25) is 10.0 Å². The van der Waals surface area contributed by atoms with Crippen LogP contribution in [-0.4, -0.2) is 49.4 Å². The van der Waals surface area contributed by atoms with Crippen LogP contribution in [0.1, 0.15) is 26.2 Å². The van der Waals surface area contributed by atoms with Crippen molar-refractivity contribution in [2.45, 2.75) is 36.3 Å². The second-order valence-electron chi connectivity index (χ2n) is 7.54. The molecule has 5 nitrogen and oxygen atoms in total. The summed E-state index contributed by atoms with van der Waals surface area (Å²) in [6.07, 6.45) is 3.31. The molecule has 3 rings (SSSR count). The number of hydrogen-bond acceptors (Lipinski definition) is 4. The number of halogens is 2. The van der Waals surface area contributed by atoms with Crippen LogP contribution in [0.5, 0.6) is 11.5 Å². The van der Waals surface area contributed by atoms with Gasteiger partial charge < -0.3 is 19.7 Å². The third kappa shape index (κ3) is 7.49. The number of nitrogens with one attached hydrogen (secondary N) is 1. The molecule has 0 aromatic heterocycles. The zero-order valence-electron chi connectivity index (χ0n) is 17.9. The lowest BCUT2D eigenvalue weighted by molar-refractivity contribution is -0.114. The maximum atomic E-state index is 11.5. The molecule has 1 amide bonds. The average molecular weight is 484 g/mol. The molecule has 1 fully saturated rings. The van der Waals surface area contributed by atoms with Gasteiger partial charge in [0.1, 0.15) is 16.7 Å². The number of amides is 1. The molecule has 0 spiro atoms. The first-order chi connectivity index (χ1) is 14.9. The first-order valence-corrected chi connectivity index (χ1v) is 12.1. The van der Waals surface area contributed by atoms with Gasteiger partial charge in [-0.2, -0.15) is 0 Å². The van der Waals surface area contributed by atoms with Gasteiger partial charge in [-0.1, -0.05) is 23.2 Å². The Morgan fingerprint density at radius 2 is 1.87 bits per heavy atom. The summed E-state index contributed by atoms with van der Waals surface area (Å²) < 4.78 is 11.2. The Labute approximate surface area is 198 Å². The lowest BCUT2D eigenvalue weighted by Gasteiger charge is -2.28. The Balaban J connectivity index is 1.42. The molecule has 0 saturated carbocycles. The molecule has 1 saturated heterocycles. The lowest BCUT2D eigenvalue weighted by Crippen LogP contribution is -2.37. The van der Waals surface area contributed by atoms with Gasteiger partial charge in [-0.25, -0.2) is 0 Å². The van der Waals surface area contributed by atoms with E-state index in [0.29, 0.717) is 34.1 Å². The van der Waals surface area contributed by atoms with E-state index in [1.165, 1.54) is 36.4 Å². The molecule has 2 aromatic carbocycles. The number of thiol groups is 1. The van der Waals surface area contributed by atoms with Crippen molar-refractivity contribution in [3.63, 3.8) is 0 Å². The van der Waals surface area contributed by atoms with Crippen molar-refractivity contribution in [1.29, 1.82) is 0 Å². The molecule has 0 atom stereocenters. The minimum Gasteiger partial charge on any atom is -0.495 e. The smallest absolute Gasteiger partial charge is 0.221 e. The molecule has 0 bridgehead atoms. The predicted molar refractivity (Wildman–Crippen MR) is 130 cm³/mol. The van der Waals surface area contributed by atoms with Crippen LogP contribution >= 0.6 is 23.2 Å². The van der Waals surface area contributed by atoms with Crippen molar-refractivity contribution in [3.05, 3.63) is 46.4 Å². The van der Waals surface area contributed by atoms with Gasteiger partial charge in [-0.05, 0) is 36.8 Å². The van der Waals surface area contributed by atoms with E-state index < -0.39 is 0 Å². The first kappa shape index (κ1) is 24.1. The summed E-state index contributed by atoms with van der Waals surface area (Å²) >= 11 is 13.5. The number of benzene rings is 2. The Kier molecular flexibility index (Phi) is 9.20. The lowest BCUT2D eigenvalue weighted by atomic mass is 10.1. The van der Waals surface area contributed by atoms with Gasteiger partial charge in [-0.15, -0.1) is 0 Å². The number of nitrogens with zero attached hydrogens (tertiary/aromatic N) is 1. The van der Waals surface area contributed by atoms with Crippen LogP contribution in [0.15, 0.2) is 41.3 Å². The quantitative estimate of drug-likeness (QED) is 0.307. The minimum absolute atomic E-state index is 0.174. The van der Waals surface area contributed by atoms with Gasteiger partial charge in [-0.3, -0.25) is 4.79 Å². The van der Waals surface area contributed by atoms with Crippen molar-refractivity contribution in [3.8, 4) is 11.5 Å². The standard InChI is InChI=1S/C23H28Cl2N2O3S/c1-16(28)26-21-14-20(25)22(29-2)15-23(21)30-13-3-10-27-11-8-19(9-12-27)31-18-6-4-17(24)5-7-18/h4-7,14-15,19H,3,8-13H2,1-2H3,(H,26,28)/p+1. The van der Waals surface area contributed by atoms with Crippen LogP contribution < -0.4 is 14.8 Å². The van der Waals surface area contributed by atoms with Gasteiger partial charge in [0.25, 0.3) is 0 Å². The molecule has 1 heterocycles. The molecule has 1 aliphatic rings. The van der Waals surface area contributed by atoms with E-state index in [2.05, 4.69) is 22.3 Å². The third-order valence-corrected chi connectivity index (χ3v) is 7.18. The van der Waals surface area contributed by atoms with Gasteiger partial charge in [0.15, 0.2) is 4.90 Å². The summed E-state index contributed by atoms with van der Waals surface area (Å²) in [6.45, 7) is 5.22. The Morgan fingerprint density at radius 1 is 1.16 bits per heavy atom. The number of anilines is 1. The zero-order valence-corrected chi connectivity index (χ0v) is 20.3. The number of piperidine rings is 1. The molecule has 0 aliphatic carbocycles. The Hall–Kier alpha value is -1.60. The summed E-state index contributed by atoms with van der Waals surface area (Å²) in [5.41, 5.74) is 0.556. The molecule has 8 heteroatoms. The van der Waals surface area contributed by atoms with Crippen molar-refractivity contribution in [2.75, 3.05) is 38.7 Å². The van der Waals surface area contributed by atoms with Crippen LogP contribution in [-0.2, 0) is 16.6 Å². The summed E-state index contributed by atoms with van der Waals surface area (Å²) in [5.74, 6) is 0.913. The highest BCUT2D eigenvalue weighted by Gasteiger charge is 2.25. The van der Waals surface area contributed by atoms with Crippen LogP contribution in [0.4, 0.5) is 5.69 Å². The molecule has 0 radical (unpaired) electrons. The normalized spacial score (nSPS) is 15.0.